The summed E-state index contributed by atoms with van der Waals surface area (Å²) in [5, 5.41) is 0.595. The number of rotatable bonds is 20. The van der Waals surface area contributed by atoms with Gasteiger partial charge < -0.3 is 33.6 Å². The molecular formula is C36H50ClIN2O2. The number of pyridine rings is 1. The molecule has 230 valence electrons. The highest BCUT2D eigenvalue weighted by molar-refractivity contribution is 6.32. The normalized spacial score (nSPS) is 10.7. The van der Waals surface area contributed by atoms with Gasteiger partial charge in [0.1, 0.15) is 12.3 Å². The van der Waals surface area contributed by atoms with Gasteiger partial charge in [-0.1, -0.05) is 113 Å². The molecule has 4 nitrogen and oxygen atoms in total. The molecule has 1 heterocycles. The Morgan fingerprint density at radius 3 is 2.00 bits per heavy atom. The summed E-state index contributed by atoms with van der Waals surface area (Å²) >= 11 is 6.63. The van der Waals surface area contributed by atoms with Crippen LogP contribution in [0.2, 0.25) is 5.02 Å². The standard InChI is InChI=1S/C36H50ClN2O2.HI/c1-3-5-6-7-8-9-10-11-12-13-14-18-26-41-35-24-23-31(27-34(35)37)29-39(36(40)33-21-16-15-17-22-33)30-32-20-19-25-38(4-2)28-32;/h15-17,19-25,27-28H,3-14,18,26,29-30H2,1-2H3;1H/q+1;/p-1. The molecule has 3 rings (SSSR count). The van der Waals surface area contributed by atoms with Crippen LogP contribution in [0.15, 0.2) is 73.1 Å². The Balaban J connectivity index is 0.00000616. The number of hydrogen-bond donors (Lipinski definition) is 0. The maximum Gasteiger partial charge on any atom is 0.254 e. The summed E-state index contributed by atoms with van der Waals surface area (Å²) in [7, 11) is 0. The summed E-state index contributed by atoms with van der Waals surface area (Å²) in [6.45, 7) is 6.93. The largest absolute Gasteiger partial charge is 1.00 e. The van der Waals surface area contributed by atoms with Crippen molar-refractivity contribution in [2.24, 2.45) is 0 Å². The molecule has 0 unspecified atom stereocenters. The molecule has 0 atom stereocenters. The molecule has 6 heteroatoms. The predicted molar refractivity (Wildman–Crippen MR) is 170 cm³/mol. The van der Waals surface area contributed by atoms with Crippen LogP contribution in [0.5, 0.6) is 5.75 Å². The van der Waals surface area contributed by atoms with Crippen molar-refractivity contribution in [3.05, 3.63) is 94.8 Å². The second-order valence-corrected chi connectivity index (χ2v) is 11.5. The summed E-state index contributed by atoms with van der Waals surface area (Å²) < 4.78 is 8.14. The molecule has 3 aromatic rings. The Hall–Kier alpha value is -2.12. The SMILES string of the molecule is CCCCCCCCCCCCCCOc1ccc(CN(Cc2ccc[n+](CC)c2)C(=O)c2ccccc2)cc1Cl.[I-]. The van der Waals surface area contributed by atoms with Gasteiger partial charge in [-0.25, -0.2) is 4.57 Å². The van der Waals surface area contributed by atoms with Gasteiger partial charge in [0.25, 0.3) is 5.91 Å². The fourth-order valence-electron chi connectivity index (χ4n) is 5.15. The minimum Gasteiger partial charge on any atom is -1.00 e. The van der Waals surface area contributed by atoms with Crippen LogP contribution in [0, 0.1) is 0 Å². The average Bonchev–Trinajstić information content (AvgIpc) is 3.00. The van der Waals surface area contributed by atoms with E-state index >= 15 is 0 Å². The number of ether oxygens (including phenoxy) is 1. The topological polar surface area (TPSA) is 33.4 Å². The molecule has 42 heavy (non-hydrogen) atoms. The van der Waals surface area contributed by atoms with E-state index in [1.807, 2.05) is 65.7 Å². The monoisotopic (exact) mass is 704 g/mol. The number of benzene rings is 2. The van der Waals surface area contributed by atoms with Crippen molar-refractivity contribution >= 4 is 17.5 Å². The lowest BCUT2D eigenvalue weighted by Crippen LogP contribution is -3.00. The van der Waals surface area contributed by atoms with Crippen LogP contribution in [-0.4, -0.2) is 17.4 Å². The third-order valence-electron chi connectivity index (χ3n) is 7.59. The van der Waals surface area contributed by atoms with Crippen LogP contribution in [0.25, 0.3) is 0 Å². The highest BCUT2D eigenvalue weighted by Gasteiger charge is 2.18. The minimum absolute atomic E-state index is 0. The first-order valence-electron chi connectivity index (χ1n) is 15.8. The molecule has 0 bridgehead atoms. The lowest BCUT2D eigenvalue weighted by atomic mass is 10.1. The van der Waals surface area contributed by atoms with E-state index in [0.29, 0.717) is 36.0 Å². The van der Waals surface area contributed by atoms with Crippen LogP contribution in [0.4, 0.5) is 0 Å². The number of carbonyl (C=O) groups excluding carboxylic acids is 1. The first-order valence-corrected chi connectivity index (χ1v) is 16.2. The highest BCUT2D eigenvalue weighted by atomic mass is 127. The van der Waals surface area contributed by atoms with E-state index < -0.39 is 0 Å². The molecule has 0 saturated heterocycles. The number of amides is 1. The third kappa shape index (κ3) is 13.5. The smallest absolute Gasteiger partial charge is 0.254 e. The van der Waals surface area contributed by atoms with Gasteiger partial charge in [0.2, 0.25) is 0 Å². The van der Waals surface area contributed by atoms with Gasteiger partial charge in [-0.15, -0.1) is 0 Å². The van der Waals surface area contributed by atoms with Crippen molar-refractivity contribution < 1.29 is 38.1 Å². The number of aromatic nitrogens is 1. The van der Waals surface area contributed by atoms with Crippen molar-refractivity contribution in [2.75, 3.05) is 6.61 Å². The van der Waals surface area contributed by atoms with Crippen LogP contribution in [0.1, 0.15) is 112 Å². The molecule has 0 saturated carbocycles. The van der Waals surface area contributed by atoms with Crippen LogP contribution >= 0.6 is 11.6 Å². The van der Waals surface area contributed by atoms with Crippen molar-refractivity contribution in [2.45, 2.75) is 111 Å². The zero-order valence-corrected chi connectivity index (χ0v) is 28.6. The minimum atomic E-state index is 0. The molecule has 2 aromatic carbocycles. The number of nitrogens with zero attached hydrogens (tertiary/aromatic N) is 2. The summed E-state index contributed by atoms with van der Waals surface area (Å²) in [4.78, 5) is 15.3. The molecular weight excluding hydrogens is 655 g/mol. The molecule has 0 fully saturated rings. The van der Waals surface area contributed by atoms with E-state index in [0.717, 1.165) is 24.1 Å². The van der Waals surface area contributed by atoms with E-state index in [4.69, 9.17) is 16.3 Å². The first kappa shape index (κ1) is 36.1. The van der Waals surface area contributed by atoms with E-state index in [9.17, 15) is 4.79 Å². The van der Waals surface area contributed by atoms with Crippen LogP contribution < -0.4 is 33.3 Å². The number of carbonyl (C=O) groups is 1. The Bertz CT molecular complexity index is 1160. The lowest BCUT2D eigenvalue weighted by molar-refractivity contribution is -0.694. The zero-order chi connectivity index (χ0) is 29.1. The molecule has 1 amide bonds. The third-order valence-corrected chi connectivity index (χ3v) is 7.89. The molecule has 0 N–H and O–H groups in total. The van der Waals surface area contributed by atoms with Crippen LogP contribution in [0.3, 0.4) is 0 Å². The number of halogens is 2. The Morgan fingerprint density at radius 1 is 0.762 bits per heavy atom. The Kier molecular flexibility index (Phi) is 18.5. The number of aryl methyl sites for hydroxylation is 1. The van der Waals surface area contributed by atoms with Gasteiger partial charge >= 0.3 is 0 Å². The number of unbranched alkanes of at least 4 members (excludes halogenated alkanes) is 11. The van der Waals surface area contributed by atoms with Crippen molar-refractivity contribution in [1.29, 1.82) is 0 Å². The maximum atomic E-state index is 13.5. The highest BCUT2D eigenvalue weighted by Crippen LogP contribution is 2.27. The second kappa shape index (κ2) is 21.6. The molecule has 0 aliphatic carbocycles. The van der Waals surface area contributed by atoms with Gasteiger partial charge in [-0.05, 0) is 49.2 Å². The van der Waals surface area contributed by atoms with Gasteiger partial charge in [0, 0.05) is 23.7 Å². The van der Waals surface area contributed by atoms with E-state index in [2.05, 4.69) is 30.7 Å². The first-order chi connectivity index (χ1) is 20.1. The quantitative estimate of drug-likeness (QED) is 0.0758. The molecule has 0 aliphatic rings. The van der Waals surface area contributed by atoms with E-state index in [1.54, 1.807) is 0 Å². The predicted octanol–water partition coefficient (Wildman–Crippen LogP) is 6.57. The van der Waals surface area contributed by atoms with Crippen LogP contribution in [-0.2, 0) is 19.6 Å². The Morgan fingerprint density at radius 2 is 1.38 bits per heavy atom. The van der Waals surface area contributed by atoms with E-state index in [1.165, 1.54) is 70.6 Å². The second-order valence-electron chi connectivity index (χ2n) is 11.1. The average molecular weight is 705 g/mol. The van der Waals surface area contributed by atoms with Gasteiger partial charge in [0.05, 0.1) is 18.2 Å². The van der Waals surface area contributed by atoms with E-state index in [-0.39, 0.29) is 29.9 Å². The molecule has 0 radical (unpaired) electrons. The van der Waals surface area contributed by atoms with Gasteiger partial charge in [-0.2, -0.15) is 0 Å². The number of hydrogen-bond acceptors (Lipinski definition) is 2. The van der Waals surface area contributed by atoms with Crippen molar-refractivity contribution in [3.63, 3.8) is 0 Å². The van der Waals surface area contributed by atoms with Gasteiger partial charge in [-0.3, -0.25) is 4.79 Å². The zero-order valence-electron chi connectivity index (χ0n) is 25.7. The maximum absolute atomic E-state index is 13.5. The van der Waals surface area contributed by atoms with Gasteiger partial charge in [0.15, 0.2) is 12.4 Å². The summed E-state index contributed by atoms with van der Waals surface area (Å²) in [5.41, 5.74) is 2.75. The fraction of sp³-hybridized carbons (Fsp3) is 0.500. The molecule has 0 spiro atoms. The lowest BCUT2D eigenvalue weighted by Gasteiger charge is -2.23. The fourth-order valence-corrected chi connectivity index (χ4v) is 5.41. The summed E-state index contributed by atoms with van der Waals surface area (Å²) in [6.07, 6.45) is 20.0. The summed E-state index contributed by atoms with van der Waals surface area (Å²) in [6, 6.07) is 19.5. The van der Waals surface area contributed by atoms with Crippen molar-refractivity contribution in [1.82, 2.24) is 4.90 Å². The van der Waals surface area contributed by atoms with Crippen molar-refractivity contribution in [3.8, 4) is 5.75 Å². The molecule has 1 aromatic heterocycles. The molecule has 0 aliphatic heterocycles. The summed E-state index contributed by atoms with van der Waals surface area (Å²) in [5.74, 6) is 0.715. The Labute approximate surface area is 276 Å².